The summed E-state index contributed by atoms with van der Waals surface area (Å²) in [6.45, 7) is -0.0508. The van der Waals surface area contributed by atoms with E-state index in [4.69, 9.17) is 28.3 Å². The van der Waals surface area contributed by atoms with E-state index in [0.29, 0.717) is 0 Å². The molecule has 0 unspecified atom stereocenters. The van der Waals surface area contributed by atoms with Gasteiger partial charge < -0.3 is 10.0 Å². The predicted molar refractivity (Wildman–Crippen MR) is 72.3 cm³/mol. The Bertz CT molecular complexity index is 576. The zero-order valence-electron chi connectivity index (χ0n) is 10.3. The predicted octanol–water partition coefficient (Wildman–Crippen LogP) is 2.45. The highest BCUT2D eigenvalue weighted by Crippen LogP contribution is 2.31. The first kappa shape index (κ1) is 16.2. The van der Waals surface area contributed by atoms with Crippen LogP contribution in [0.3, 0.4) is 0 Å². The third kappa shape index (κ3) is 3.82. The molecular formula is C11H10Cl2N2O5. The lowest BCUT2D eigenvalue weighted by Crippen LogP contribution is -2.29. The molecule has 20 heavy (non-hydrogen) atoms. The molecule has 0 saturated carbocycles. The molecule has 7 nitrogen and oxygen atoms in total. The number of nitrogens with zero attached hydrogens (tertiary/aromatic N) is 2. The van der Waals surface area contributed by atoms with Crippen LogP contribution in [0, 0.1) is 10.1 Å². The number of non-ortho nitro benzene ring substituents is 1. The van der Waals surface area contributed by atoms with E-state index in [1.165, 1.54) is 7.05 Å². The van der Waals surface area contributed by atoms with Gasteiger partial charge in [-0.1, -0.05) is 23.2 Å². The summed E-state index contributed by atoms with van der Waals surface area (Å²) in [6.07, 6.45) is -0.248. The van der Waals surface area contributed by atoms with Gasteiger partial charge >= 0.3 is 5.97 Å². The Hall–Kier alpha value is -1.86. The maximum absolute atomic E-state index is 12.1. The Labute approximate surface area is 123 Å². The maximum Gasteiger partial charge on any atom is 0.305 e. The summed E-state index contributed by atoms with van der Waals surface area (Å²) < 4.78 is 0. The minimum atomic E-state index is -1.06. The van der Waals surface area contributed by atoms with Crippen molar-refractivity contribution in [2.75, 3.05) is 13.6 Å². The second-order valence-corrected chi connectivity index (χ2v) is 4.70. The molecule has 0 saturated heterocycles. The number of carboxylic acid groups (broad SMARTS) is 1. The van der Waals surface area contributed by atoms with Crippen molar-refractivity contribution in [2.24, 2.45) is 0 Å². The fraction of sp³-hybridized carbons (Fsp3) is 0.273. The lowest BCUT2D eigenvalue weighted by molar-refractivity contribution is -0.384. The highest BCUT2D eigenvalue weighted by molar-refractivity contribution is 6.44. The molecule has 1 N–H and O–H groups in total. The van der Waals surface area contributed by atoms with E-state index in [-0.39, 0.29) is 34.3 Å². The van der Waals surface area contributed by atoms with Gasteiger partial charge in [-0.05, 0) is 0 Å². The molecule has 0 aliphatic heterocycles. The van der Waals surface area contributed by atoms with Crippen LogP contribution in [0.5, 0.6) is 0 Å². The van der Waals surface area contributed by atoms with Gasteiger partial charge in [0.15, 0.2) is 0 Å². The van der Waals surface area contributed by atoms with Gasteiger partial charge in [-0.15, -0.1) is 0 Å². The van der Waals surface area contributed by atoms with Crippen LogP contribution in [-0.2, 0) is 4.79 Å². The van der Waals surface area contributed by atoms with Crippen LogP contribution in [-0.4, -0.2) is 40.4 Å². The van der Waals surface area contributed by atoms with Crippen LogP contribution in [0.4, 0.5) is 5.69 Å². The number of carbonyl (C=O) groups excluding carboxylic acids is 1. The SMILES string of the molecule is CN(CCC(=O)O)C(=O)c1cc([N+](=O)[O-])cc(Cl)c1Cl. The van der Waals surface area contributed by atoms with Crippen molar-refractivity contribution in [3.8, 4) is 0 Å². The molecule has 1 aromatic rings. The van der Waals surface area contributed by atoms with Crippen LogP contribution in [0.2, 0.25) is 10.0 Å². The maximum atomic E-state index is 12.1. The fourth-order valence-electron chi connectivity index (χ4n) is 1.41. The van der Waals surface area contributed by atoms with Crippen LogP contribution in [0.25, 0.3) is 0 Å². The van der Waals surface area contributed by atoms with Gasteiger partial charge in [0, 0.05) is 25.7 Å². The van der Waals surface area contributed by atoms with Gasteiger partial charge in [-0.3, -0.25) is 19.7 Å². The number of aliphatic carboxylic acids is 1. The van der Waals surface area contributed by atoms with Crippen molar-refractivity contribution in [3.05, 3.63) is 37.9 Å². The van der Waals surface area contributed by atoms with Gasteiger partial charge in [0.1, 0.15) is 0 Å². The quantitative estimate of drug-likeness (QED) is 0.663. The largest absolute Gasteiger partial charge is 0.481 e. The number of hydrogen-bond donors (Lipinski definition) is 1. The molecule has 1 aromatic carbocycles. The van der Waals surface area contributed by atoms with Crippen molar-refractivity contribution < 1.29 is 19.6 Å². The van der Waals surface area contributed by atoms with E-state index in [0.717, 1.165) is 17.0 Å². The normalized spacial score (nSPS) is 10.2. The number of benzene rings is 1. The van der Waals surface area contributed by atoms with E-state index in [1.807, 2.05) is 0 Å². The molecule has 0 atom stereocenters. The van der Waals surface area contributed by atoms with Crippen molar-refractivity contribution in [1.29, 1.82) is 0 Å². The molecule has 0 aromatic heterocycles. The smallest absolute Gasteiger partial charge is 0.305 e. The monoisotopic (exact) mass is 320 g/mol. The van der Waals surface area contributed by atoms with Crippen LogP contribution < -0.4 is 0 Å². The van der Waals surface area contributed by atoms with Crippen LogP contribution in [0.1, 0.15) is 16.8 Å². The first-order valence-corrected chi connectivity index (χ1v) is 6.10. The first-order chi connectivity index (χ1) is 9.23. The summed E-state index contributed by atoms with van der Waals surface area (Å²) in [4.78, 5) is 33.7. The number of hydrogen-bond acceptors (Lipinski definition) is 4. The second kappa shape index (κ2) is 6.53. The Kier molecular flexibility index (Phi) is 5.29. The second-order valence-electron chi connectivity index (χ2n) is 3.92. The van der Waals surface area contributed by atoms with Crippen LogP contribution in [0.15, 0.2) is 12.1 Å². The molecule has 0 radical (unpaired) electrons. The molecule has 0 spiro atoms. The van der Waals surface area contributed by atoms with E-state index >= 15 is 0 Å². The van der Waals surface area contributed by atoms with Gasteiger partial charge in [0.25, 0.3) is 11.6 Å². The molecular weight excluding hydrogens is 311 g/mol. The molecule has 0 aliphatic carbocycles. The van der Waals surface area contributed by atoms with Gasteiger partial charge in [0.2, 0.25) is 0 Å². The van der Waals surface area contributed by atoms with Crippen molar-refractivity contribution >= 4 is 40.8 Å². The van der Waals surface area contributed by atoms with Crippen molar-refractivity contribution in [1.82, 2.24) is 4.90 Å². The summed E-state index contributed by atoms with van der Waals surface area (Å²) in [5.41, 5.74) is -0.506. The van der Waals surface area contributed by atoms with E-state index in [1.54, 1.807) is 0 Å². The van der Waals surface area contributed by atoms with Gasteiger partial charge in [-0.2, -0.15) is 0 Å². The topological polar surface area (TPSA) is 101 Å². The minimum Gasteiger partial charge on any atom is -0.481 e. The number of carboxylic acids is 1. The molecule has 108 valence electrons. The number of nitro benzene ring substituents is 1. The molecule has 0 fully saturated rings. The first-order valence-electron chi connectivity index (χ1n) is 5.34. The zero-order chi connectivity index (χ0) is 15.4. The number of amides is 1. The Morgan fingerprint density at radius 3 is 2.50 bits per heavy atom. The number of nitro groups is 1. The van der Waals surface area contributed by atoms with Gasteiger partial charge in [-0.25, -0.2) is 0 Å². The third-order valence-electron chi connectivity index (χ3n) is 2.46. The highest BCUT2D eigenvalue weighted by atomic mass is 35.5. The van der Waals surface area contributed by atoms with Gasteiger partial charge in [0.05, 0.1) is 27.0 Å². The lowest BCUT2D eigenvalue weighted by Gasteiger charge is -2.17. The van der Waals surface area contributed by atoms with Crippen LogP contribution >= 0.6 is 23.2 Å². The van der Waals surface area contributed by atoms with E-state index < -0.39 is 16.8 Å². The van der Waals surface area contributed by atoms with E-state index in [9.17, 15) is 19.7 Å². The number of carbonyl (C=O) groups is 2. The summed E-state index contributed by atoms with van der Waals surface area (Å²) in [6, 6.07) is 2.05. The molecule has 9 heteroatoms. The summed E-state index contributed by atoms with van der Waals surface area (Å²) in [5.74, 6) is -1.70. The average molecular weight is 321 g/mol. The lowest BCUT2D eigenvalue weighted by atomic mass is 10.1. The standard InChI is InChI=1S/C11H10Cl2N2O5/c1-14(3-2-9(16)17)11(18)7-4-6(15(19)20)5-8(12)10(7)13/h4-5H,2-3H2,1H3,(H,16,17). The molecule has 0 heterocycles. The van der Waals surface area contributed by atoms with Crippen molar-refractivity contribution in [3.63, 3.8) is 0 Å². The Morgan fingerprint density at radius 2 is 2.00 bits per heavy atom. The summed E-state index contributed by atoms with van der Waals surface area (Å²) >= 11 is 11.6. The highest BCUT2D eigenvalue weighted by Gasteiger charge is 2.22. The van der Waals surface area contributed by atoms with E-state index in [2.05, 4.69) is 0 Å². The summed E-state index contributed by atoms with van der Waals surface area (Å²) in [7, 11) is 1.37. The fourth-order valence-corrected chi connectivity index (χ4v) is 1.81. The number of rotatable bonds is 5. The number of halogens is 2. The minimum absolute atomic E-state index is 0.0508. The average Bonchev–Trinajstić information content (AvgIpc) is 2.37. The Balaban J connectivity index is 3.08. The molecule has 1 rings (SSSR count). The van der Waals surface area contributed by atoms with Crippen molar-refractivity contribution in [2.45, 2.75) is 6.42 Å². The molecule has 0 aliphatic rings. The molecule has 0 bridgehead atoms. The third-order valence-corrected chi connectivity index (χ3v) is 3.26. The Morgan fingerprint density at radius 1 is 1.40 bits per heavy atom. The summed E-state index contributed by atoms with van der Waals surface area (Å²) in [5, 5.41) is 19.1. The molecule has 1 amide bonds. The zero-order valence-corrected chi connectivity index (χ0v) is 11.8.